The first-order valence-electron chi connectivity index (χ1n) is 10.2. The van der Waals surface area contributed by atoms with Gasteiger partial charge in [-0.1, -0.05) is 0 Å². The molecule has 4 rings (SSSR count). The van der Waals surface area contributed by atoms with E-state index in [0.29, 0.717) is 23.3 Å². The largest absolute Gasteiger partial charge is 0.325 e. The van der Waals surface area contributed by atoms with Crippen LogP contribution in [0.4, 0.5) is 29.0 Å². The highest BCUT2D eigenvalue weighted by Crippen LogP contribution is 2.31. The third-order valence-electron chi connectivity index (χ3n) is 4.86. The smallest absolute Gasteiger partial charge is 0.229 e. The first kappa shape index (κ1) is 23.0. The number of anilines is 5. The van der Waals surface area contributed by atoms with Gasteiger partial charge >= 0.3 is 0 Å². The Morgan fingerprint density at radius 3 is 2.26 bits per heavy atom. The molecule has 34 heavy (non-hydrogen) atoms. The summed E-state index contributed by atoms with van der Waals surface area (Å²) in [5, 5.41) is 10.4. The van der Waals surface area contributed by atoms with E-state index in [-0.39, 0.29) is 11.5 Å². The highest BCUT2D eigenvalue weighted by atomic mass is 32.2. The lowest BCUT2D eigenvalue weighted by atomic mass is 10.1. The van der Waals surface area contributed by atoms with Gasteiger partial charge < -0.3 is 10.6 Å². The number of nitrogens with one attached hydrogen (secondary N) is 3. The molecule has 4 aromatic rings. The number of hydrogen-bond donors (Lipinski definition) is 3. The predicted molar refractivity (Wildman–Crippen MR) is 130 cm³/mol. The van der Waals surface area contributed by atoms with Crippen LogP contribution in [0.3, 0.4) is 0 Å². The SMILES string of the molecule is Cc1cc(Nc2cc(Nc3ncc(-c4cnn(C)c4C)cc3NS(C)(=O)=O)ncn2)nc(C)n1. The maximum absolute atomic E-state index is 12.0. The molecule has 0 radical (unpaired) electrons. The lowest BCUT2D eigenvalue weighted by Gasteiger charge is -2.14. The van der Waals surface area contributed by atoms with Gasteiger partial charge in [-0.05, 0) is 26.8 Å². The molecule has 0 atom stereocenters. The quantitative estimate of drug-likeness (QED) is 0.360. The molecule has 0 unspecified atom stereocenters. The zero-order valence-electron chi connectivity index (χ0n) is 19.3. The van der Waals surface area contributed by atoms with E-state index in [9.17, 15) is 8.42 Å². The van der Waals surface area contributed by atoms with E-state index in [0.717, 1.165) is 28.8 Å². The Hall–Kier alpha value is -4.13. The third kappa shape index (κ3) is 5.43. The number of nitrogens with zero attached hydrogens (tertiary/aromatic N) is 7. The minimum atomic E-state index is -3.56. The Kier molecular flexibility index (Phi) is 6.11. The maximum Gasteiger partial charge on any atom is 0.229 e. The summed E-state index contributed by atoms with van der Waals surface area (Å²) in [7, 11) is -1.73. The van der Waals surface area contributed by atoms with Crippen molar-refractivity contribution in [3.63, 3.8) is 0 Å². The van der Waals surface area contributed by atoms with E-state index in [1.807, 2.05) is 27.8 Å². The summed E-state index contributed by atoms with van der Waals surface area (Å²) in [6, 6.07) is 5.17. The molecule has 0 bridgehead atoms. The van der Waals surface area contributed by atoms with Crippen LogP contribution in [0.5, 0.6) is 0 Å². The highest BCUT2D eigenvalue weighted by molar-refractivity contribution is 7.92. The van der Waals surface area contributed by atoms with Gasteiger partial charge in [0.05, 0.1) is 18.1 Å². The molecule has 0 saturated carbocycles. The summed E-state index contributed by atoms with van der Waals surface area (Å²) in [5.74, 6) is 2.43. The standard InChI is InChI=1S/C21H24N10O2S/c1-12-6-20(27-14(3)26-12)28-18-8-19(24-11-23-18)29-21-17(30-34(5,32)33)7-15(9-22-21)16-10-25-31(4)13(16)2/h6-11,30H,1-5H3,(H2,22,23,24,26,27,28,29). The number of pyridine rings is 1. The van der Waals surface area contributed by atoms with Crippen LogP contribution in [-0.4, -0.2) is 49.4 Å². The van der Waals surface area contributed by atoms with E-state index in [2.05, 4.69) is 45.4 Å². The number of rotatable bonds is 7. The van der Waals surface area contributed by atoms with Crippen LogP contribution < -0.4 is 15.4 Å². The molecule has 0 amide bonds. The van der Waals surface area contributed by atoms with Crippen LogP contribution in [0.15, 0.2) is 36.9 Å². The number of aryl methyl sites for hydroxylation is 3. The molecule has 13 heteroatoms. The second-order valence-corrected chi connectivity index (χ2v) is 9.49. The topological polar surface area (TPSA) is 152 Å². The molecule has 0 aromatic carbocycles. The molecule has 0 spiro atoms. The zero-order chi connectivity index (χ0) is 24.5. The summed E-state index contributed by atoms with van der Waals surface area (Å²) in [5.41, 5.74) is 3.60. The normalized spacial score (nSPS) is 11.3. The predicted octanol–water partition coefficient (Wildman–Crippen LogP) is 2.85. The van der Waals surface area contributed by atoms with Crippen LogP contribution >= 0.6 is 0 Å². The fourth-order valence-corrected chi connectivity index (χ4v) is 3.85. The molecular weight excluding hydrogens is 456 g/mol. The minimum Gasteiger partial charge on any atom is -0.325 e. The molecule has 0 saturated heterocycles. The molecule has 4 heterocycles. The van der Waals surface area contributed by atoms with Gasteiger partial charge in [0, 0.05) is 47.9 Å². The van der Waals surface area contributed by atoms with Crippen LogP contribution in [-0.2, 0) is 17.1 Å². The van der Waals surface area contributed by atoms with Gasteiger partial charge in [-0.3, -0.25) is 9.40 Å². The Morgan fingerprint density at radius 1 is 0.882 bits per heavy atom. The second-order valence-electron chi connectivity index (χ2n) is 7.74. The first-order valence-corrected chi connectivity index (χ1v) is 12.1. The van der Waals surface area contributed by atoms with Gasteiger partial charge in [0.25, 0.3) is 0 Å². The lowest BCUT2D eigenvalue weighted by Crippen LogP contribution is -2.12. The monoisotopic (exact) mass is 480 g/mol. The van der Waals surface area contributed by atoms with Crippen molar-refractivity contribution in [3.8, 4) is 11.1 Å². The van der Waals surface area contributed by atoms with Gasteiger partial charge in [-0.25, -0.2) is 33.3 Å². The molecule has 4 aromatic heterocycles. The van der Waals surface area contributed by atoms with E-state index in [1.165, 1.54) is 6.33 Å². The van der Waals surface area contributed by atoms with Crippen molar-refractivity contribution in [2.45, 2.75) is 20.8 Å². The van der Waals surface area contributed by atoms with Crippen molar-refractivity contribution in [3.05, 3.63) is 54.1 Å². The van der Waals surface area contributed by atoms with Crippen LogP contribution in [0.25, 0.3) is 11.1 Å². The van der Waals surface area contributed by atoms with Crippen molar-refractivity contribution in [2.24, 2.45) is 7.05 Å². The van der Waals surface area contributed by atoms with Crippen molar-refractivity contribution in [1.29, 1.82) is 0 Å². The van der Waals surface area contributed by atoms with E-state index in [1.54, 1.807) is 35.3 Å². The van der Waals surface area contributed by atoms with Gasteiger partial charge in [0.15, 0.2) is 5.82 Å². The van der Waals surface area contributed by atoms with Gasteiger partial charge in [0.2, 0.25) is 10.0 Å². The van der Waals surface area contributed by atoms with Gasteiger partial charge in [0.1, 0.15) is 29.6 Å². The van der Waals surface area contributed by atoms with Gasteiger partial charge in [-0.2, -0.15) is 5.10 Å². The molecule has 3 N–H and O–H groups in total. The fourth-order valence-electron chi connectivity index (χ4n) is 3.30. The maximum atomic E-state index is 12.0. The summed E-state index contributed by atoms with van der Waals surface area (Å²) in [6.45, 7) is 5.61. The second kappa shape index (κ2) is 9.02. The zero-order valence-corrected chi connectivity index (χ0v) is 20.1. The summed E-state index contributed by atoms with van der Waals surface area (Å²) in [6.07, 6.45) is 5.81. The molecule has 176 valence electrons. The summed E-state index contributed by atoms with van der Waals surface area (Å²) in [4.78, 5) is 21.5. The molecule has 0 aliphatic carbocycles. The highest BCUT2D eigenvalue weighted by Gasteiger charge is 2.15. The fraction of sp³-hybridized carbons (Fsp3) is 0.238. The summed E-state index contributed by atoms with van der Waals surface area (Å²) >= 11 is 0. The van der Waals surface area contributed by atoms with Crippen molar-refractivity contribution >= 4 is 39.0 Å². The Bertz CT molecular complexity index is 1450. The first-order chi connectivity index (χ1) is 16.1. The van der Waals surface area contributed by atoms with E-state index >= 15 is 0 Å². The molecule has 0 aliphatic rings. The Morgan fingerprint density at radius 2 is 1.62 bits per heavy atom. The van der Waals surface area contributed by atoms with Crippen molar-refractivity contribution in [1.82, 2.24) is 34.7 Å². The Labute approximate surface area is 197 Å². The van der Waals surface area contributed by atoms with Crippen LogP contribution in [0, 0.1) is 20.8 Å². The van der Waals surface area contributed by atoms with Crippen molar-refractivity contribution < 1.29 is 8.42 Å². The number of hydrogen-bond acceptors (Lipinski definition) is 10. The third-order valence-corrected chi connectivity index (χ3v) is 5.46. The molecule has 12 nitrogen and oxygen atoms in total. The lowest BCUT2D eigenvalue weighted by molar-refractivity contribution is 0.607. The van der Waals surface area contributed by atoms with E-state index < -0.39 is 10.0 Å². The summed E-state index contributed by atoms with van der Waals surface area (Å²) < 4.78 is 28.3. The van der Waals surface area contributed by atoms with E-state index in [4.69, 9.17) is 0 Å². The average molecular weight is 481 g/mol. The number of aromatic nitrogens is 7. The van der Waals surface area contributed by atoms with Crippen LogP contribution in [0.2, 0.25) is 0 Å². The van der Waals surface area contributed by atoms with Crippen LogP contribution in [0.1, 0.15) is 17.2 Å². The van der Waals surface area contributed by atoms with Gasteiger partial charge in [-0.15, -0.1) is 0 Å². The minimum absolute atomic E-state index is 0.276. The van der Waals surface area contributed by atoms with Crippen molar-refractivity contribution in [2.75, 3.05) is 21.6 Å². The Balaban J connectivity index is 1.65. The average Bonchev–Trinajstić information content (AvgIpc) is 3.06. The molecule has 0 fully saturated rings. The number of sulfonamides is 1. The molecular formula is C21H24N10O2S. The molecule has 0 aliphatic heterocycles.